The zero-order chi connectivity index (χ0) is 30.7. The number of carbonyl (C=O) groups is 4. The maximum absolute atomic E-state index is 11.5. The van der Waals surface area contributed by atoms with Crippen LogP contribution in [0.25, 0.3) is 0 Å². The summed E-state index contributed by atoms with van der Waals surface area (Å²) in [4.78, 5) is 48.0. The molecule has 4 amide bonds. The van der Waals surface area contributed by atoms with E-state index in [-0.39, 0.29) is 92.3 Å². The first-order valence-corrected chi connectivity index (χ1v) is 13.5. The van der Waals surface area contributed by atoms with Crippen LogP contribution in [0.15, 0.2) is 24.3 Å². The van der Waals surface area contributed by atoms with Gasteiger partial charge in [-0.2, -0.15) is 0 Å². The van der Waals surface area contributed by atoms with Gasteiger partial charge in [-0.05, 0) is 0 Å². The molecule has 0 aromatic rings. The van der Waals surface area contributed by atoms with Gasteiger partial charge in [-0.3, -0.25) is 29.0 Å². The summed E-state index contributed by atoms with van der Waals surface area (Å²) >= 11 is 0. The molecule has 2 rings (SSSR count). The summed E-state index contributed by atoms with van der Waals surface area (Å²) in [5.74, 6) is -1.92. The van der Waals surface area contributed by atoms with E-state index in [9.17, 15) is 34.5 Å². The summed E-state index contributed by atoms with van der Waals surface area (Å²) in [6, 6.07) is 0. The first-order valence-electron chi connectivity index (χ1n) is 13.5. The maximum atomic E-state index is 11.5. The summed E-state index contributed by atoms with van der Waals surface area (Å²) in [7, 11) is 0. The summed E-state index contributed by atoms with van der Waals surface area (Å²) in [5, 5.41) is 29.4. The lowest BCUT2D eigenvalue weighted by molar-refractivity contribution is -0.140. The molecule has 5 N–H and O–H groups in total. The second kappa shape index (κ2) is 20.3. The number of nitrogens with zero attached hydrogens (tertiary/aromatic N) is 2. The number of aliphatic hydroxyl groups is 3. The van der Waals surface area contributed by atoms with Crippen LogP contribution >= 0.6 is 0 Å². The average molecular weight is 604 g/mol. The van der Waals surface area contributed by atoms with Crippen molar-refractivity contribution in [3.8, 4) is 0 Å². The number of β-amino-alcohol motifs (C(OH)–C–C–N with tert-alkyl or cyclic N) is 2. The van der Waals surface area contributed by atoms with Crippen LogP contribution in [0.2, 0.25) is 0 Å². The second-order valence-corrected chi connectivity index (χ2v) is 9.31. The Morgan fingerprint density at radius 1 is 0.548 bits per heavy atom. The molecule has 3 atom stereocenters. The Morgan fingerprint density at radius 2 is 0.881 bits per heavy atom. The number of ether oxygens (including phenoxy) is 6. The highest BCUT2D eigenvalue weighted by atomic mass is 16.6. The molecule has 2 aliphatic heterocycles. The van der Waals surface area contributed by atoms with Gasteiger partial charge in [0, 0.05) is 30.8 Å². The molecular weight excluding hydrogens is 562 g/mol. The zero-order valence-electron chi connectivity index (χ0n) is 23.4. The van der Waals surface area contributed by atoms with Crippen molar-refractivity contribution >= 4 is 23.6 Å². The summed E-state index contributed by atoms with van der Waals surface area (Å²) in [6.45, 7) is 0.989. The highest BCUT2D eigenvalue weighted by Gasteiger charge is 2.26. The molecule has 2 aliphatic rings. The Labute approximate surface area is 243 Å². The van der Waals surface area contributed by atoms with Crippen molar-refractivity contribution in [1.82, 2.24) is 9.80 Å². The highest BCUT2D eigenvalue weighted by molar-refractivity contribution is 6.13. The normalized spacial score (nSPS) is 18.0. The topological polar surface area (TPSA) is 217 Å². The van der Waals surface area contributed by atoms with Crippen LogP contribution in [-0.4, -0.2) is 165 Å². The van der Waals surface area contributed by atoms with Gasteiger partial charge >= 0.3 is 0 Å². The second-order valence-electron chi connectivity index (χ2n) is 9.31. The van der Waals surface area contributed by atoms with Crippen LogP contribution in [0.4, 0.5) is 0 Å². The van der Waals surface area contributed by atoms with E-state index < -0.39 is 48.0 Å². The third kappa shape index (κ3) is 14.0. The molecule has 0 fully saturated rings. The summed E-state index contributed by atoms with van der Waals surface area (Å²) in [5.41, 5.74) is 5.34. The van der Waals surface area contributed by atoms with E-state index in [1.54, 1.807) is 0 Å². The molecule has 16 nitrogen and oxygen atoms in total. The van der Waals surface area contributed by atoms with Gasteiger partial charge in [0.2, 0.25) is 0 Å². The van der Waals surface area contributed by atoms with E-state index in [0.717, 1.165) is 34.1 Å². The lowest BCUT2D eigenvalue weighted by Gasteiger charge is -2.20. The van der Waals surface area contributed by atoms with E-state index in [2.05, 4.69) is 0 Å². The van der Waals surface area contributed by atoms with Crippen molar-refractivity contribution in [3.63, 3.8) is 0 Å². The molecule has 0 radical (unpaired) electrons. The van der Waals surface area contributed by atoms with E-state index in [0.29, 0.717) is 0 Å². The van der Waals surface area contributed by atoms with Crippen molar-refractivity contribution in [2.45, 2.75) is 24.4 Å². The first-order chi connectivity index (χ1) is 20.2. The largest absolute Gasteiger partial charge is 0.389 e. The van der Waals surface area contributed by atoms with Crippen LogP contribution in [0.3, 0.4) is 0 Å². The number of rotatable bonds is 25. The molecule has 0 bridgehead atoms. The molecule has 0 saturated carbocycles. The quantitative estimate of drug-likeness (QED) is 0.0585. The summed E-state index contributed by atoms with van der Waals surface area (Å²) in [6.07, 6.45) is 1.25. The SMILES string of the molecule is NCC(O)COCCOC(COCCOCC(O)CN1C(=O)C=CC1=O)COCCOCC(O)CN1C(=O)C=CC1=O. The molecule has 0 saturated heterocycles. The van der Waals surface area contributed by atoms with E-state index in [1.165, 1.54) is 0 Å². The Bertz CT molecular complexity index is 818. The molecule has 0 aliphatic carbocycles. The molecule has 238 valence electrons. The molecule has 0 spiro atoms. The monoisotopic (exact) mass is 603 g/mol. The summed E-state index contributed by atoms with van der Waals surface area (Å²) < 4.78 is 32.9. The number of aliphatic hydroxyl groups excluding tert-OH is 3. The Balaban J connectivity index is 1.59. The minimum atomic E-state index is -1.04. The van der Waals surface area contributed by atoms with Crippen molar-refractivity contribution in [3.05, 3.63) is 24.3 Å². The van der Waals surface area contributed by atoms with E-state index in [1.807, 2.05) is 0 Å². The maximum Gasteiger partial charge on any atom is 0.253 e. The molecular formula is C26H41N3O13. The average Bonchev–Trinajstić information content (AvgIpc) is 3.45. The van der Waals surface area contributed by atoms with Crippen LogP contribution in [0.5, 0.6) is 0 Å². The third-order valence-electron chi connectivity index (χ3n) is 5.72. The number of hydrogen-bond donors (Lipinski definition) is 4. The highest BCUT2D eigenvalue weighted by Crippen LogP contribution is 2.06. The van der Waals surface area contributed by atoms with Crippen molar-refractivity contribution in [2.75, 3.05) is 92.3 Å². The van der Waals surface area contributed by atoms with E-state index in [4.69, 9.17) is 34.2 Å². The Kier molecular flexibility index (Phi) is 17.2. The fourth-order valence-electron chi connectivity index (χ4n) is 3.56. The fourth-order valence-corrected chi connectivity index (χ4v) is 3.56. The minimum Gasteiger partial charge on any atom is -0.389 e. The van der Waals surface area contributed by atoms with Gasteiger partial charge in [0.15, 0.2) is 0 Å². The van der Waals surface area contributed by atoms with Crippen molar-refractivity contribution < 1.29 is 62.9 Å². The van der Waals surface area contributed by atoms with Crippen LogP contribution < -0.4 is 5.73 Å². The molecule has 3 unspecified atom stereocenters. The smallest absolute Gasteiger partial charge is 0.253 e. The zero-order valence-corrected chi connectivity index (χ0v) is 23.4. The number of amides is 4. The third-order valence-corrected chi connectivity index (χ3v) is 5.72. The number of carbonyl (C=O) groups excluding carboxylic acids is 4. The van der Waals surface area contributed by atoms with E-state index >= 15 is 0 Å². The molecule has 0 aromatic carbocycles. The lowest BCUT2D eigenvalue weighted by atomic mass is 10.3. The lowest BCUT2D eigenvalue weighted by Crippen LogP contribution is -2.39. The molecule has 0 aromatic heterocycles. The van der Waals surface area contributed by atoms with Crippen LogP contribution in [0.1, 0.15) is 0 Å². The molecule has 42 heavy (non-hydrogen) atoms. The number of hydrogen-bond acceptors (Lipinski definition) is 14. The van der Waals surface area contributed by atoms with Crippen LogP contribution in [-0.2, 0) is 47.6 Å². The predicted octanol–water partition coefficient (Wildman–Crippen LogP) is -3.65. The van der Waals surface area contributed by atoms with Gasteiger partial charge < -0.3 is 49.5 Å². The van der Waals surface area contributed by atoms with Gasteiger partial charge in [-0.15, -0.1) is 0 Å². The Hall–Kier alpha value is -2.64. The number of nitrogens with two attached hydrogens (primary N) is 1. The van der Waals surface area contributed by atoms with Gasteiger partial charge in [-0.1, -0.05) is 0 Å². The minimum absolute atomic E-state index is 0.0804. The van der Waals surface area contributed by atoms with Gasteiger partial charge in [0.25, 0.3) is 23.6 Å². The standard InChI is InChI=1S/C26H41N3O13/c27-11-19(30)14-39-9-10-42-22(17-40-7-5-37-15-20(31)12-28-23(33)1-2-24(28)34)18-41-8-6-38-16-21(32)13-29-25(35)3-4-26(29)36/h1-4,19-22,30-32H,5-18,27H2. The predicted molar refractivity (Wildman–Crippen MR) is 143 cm³/mol. The first kappa shape index (κ1) is 35.6. The number of imide groups is 2. The van der Waals surface area contributed by atoms with Crippen molar-refractivity contribution in [2.24, 2.45) is 5.73 Å². The van der Waals surface area contributed by atoms with Crippen molar-refractivity contribution in [1.29, 1.82) is 0 Å². The van der Waals surface area contributed by atoms with Gasteiger partial charge in [0.05, 0.1) is 104 Å². The molecule has 2 heterocycles. The molecule has 16 heteroatoms. The van der Waals surface area contributed by atoms with Crippen LogP contribution in [0, 0.1) is 0 Å². The van der Waals surface area contributed by atoms with Gasteiger partial charge in [0.1, 0.15) is 6.10 Å². The van der Waals surface area contributed by atoms with Gasteiger partial charge in [-0.25, -0.2) is 0 Å². The fraction of sp³-hybridized carbons (Fsp3) is 0.692. The Morgan fingerprint density at radius 3 is 1.26 bits per heavy atom.